The number of carbonyl (C=O) groups is 1. The van der Waals surface area contributed by atoms with Gasteiger partial charge in [0.25, 0.3) is 0 Å². The normalized spacial score (nSPS) is 10.5. The van der Waals surface area contributed by atoms with E-state index in [2.05, 4.69) is 15.3 Å². The molecule has 0 bridgehead atoms. The van der Waals surface area contributed by atoms with Crippen molar-refractivity contribution in [2.45, 2.75) is 13.2 Å². The minimum Gasteiger partial charge on any atom is -0.494 e. The van der Waals surface area contributed by atoms with Gasteiger partial charge in [-0.15, -0.1) is 0 Å². The molecule has 0 saturated heterocycles. The number of hydrogen-bond donors (Lipinski definition) is 2. The monoisotopic (exact) mass is 433 g/mol. The molecule has 3 aromatic rings. The molecule has 0 fully saturated rings. The van der Waals surface area contributed by atoms with Crippen LogP contribution < -0.4 is 20.6 Å². The van der Waals surface area contributed by atoms with Crippen molar-refractivity contribution in [2.75, 3.05) is 12.4 Å². The summed E-state index contributed by atoms with van der Waals surface area (Å²) in [5.41, 5.74) is 0.633. The van der Waals surface area contributed by atoms with E-state index in [1.54, 1.807) is 12.1 Å². The molecule has 2 aromatic carbocycles. The van der Waals surface area contributed by atoms with Crippen LogP contribution in [0.5, 0.6) is 11.8 Å². The van der Waals surface area contributed by atoms with E-state index in [1.165, 1.54) is 37.4 Å². The quantitative estimate of drug-likeness (QED) is 0.336. The lowest BCUT2D eigenvalue weighted by atomic mass is 10.2. The molecular formula is C20H18F3N5O3. The van der Waals surface area contributed by atoms with E-state index in [0.717, 1.165) is 6.20 Å². The first-order valence-electron chi connectivity index (χ1n) is 8.91. The Morgan fingerprint density at radius 2 is 1.90 bits per heavy atom. The van der Waals surface area contributed by atoms with Crippen LogP contribution in [0.2, 0.25) is 0 Å². The van der Waals surface area contributed by atoms with Gasteiger partial charge >= 0.3 is 12.0 Å². The number of benzene rings is 2. The highest BCUT2D eigenvalue weighted by molar-refractivity contribution is 5.87. The first-order chi connectivity index (χ1) is 14.9. The zero-order valence-electron chi connectivity index (χ0n) is 16.3. The van der Waals surface area contributed by atoms with Crippen LogP contribution in [-0.2, 0) is 13.2 Å². The number of hydrazine groups is 1. The summed E-state index contributed by atoms with van der Waals surface area (Å²) in [4.78, 5) is 19.7. The van der Waals surface area contributed by atoms with Gasteiger partial charge in [-0.1, -0.05) is 24.3 Å². The van der Waals surface area contributed by atoms with E-state index in [1.807, 2.05) is 0 Å². The minimum atomic E-state index is -0.935. The molecule has 31 heavy (non-hydrogen) atoms. The molecule has 0 aliphatic heterocycles. The lowest BCUT2D eigenvalue weighted by Gasteiger charge is -2.17. The van der Waals surface area contributed by atoms with Gasteiger partial charge in [0, 0.05) is 5.56 Å². The Hall–Kier alpha value is -3.86. The molecule has 0 aliphatic rings. The SMILES string of the molecule is COc1ccc(COc2ncc(F)c(NC(=O)N(N)Cc3ccccc3F)n2)cc1F. The van der Waals surface area contributed by atoms with Gasteiger partial charge in [0.2, 0.25) is 0 Å². The third kappa shape index (κ3) is 5.60. The largest absolute Gasteiger partial charge is 0.494 e. The number of nitrogens with two attached hydrogens (primary N) is 1. The van der Waals surface area contributed by atoms with Crippen LogP contribution in [0.4, 0.5) is 23.8 Å². The van der Waals surface area contributed by atoms with E-state index in [0.29, 0.717) is 10.6 Å². The number of methoxy groups -OCH3 is 1. The summed E-state index contributed by atoms with van der Waals surface area (Å²) in [7, 11) is 1.34. The number of rotatable bonds is 7. The molecule has 1 heterocycles. The van der Waals surface area contributed by atoms with Gasteiger partial charge in [-0.2, -0.15) is 4.98 Å². The zero-order chi connectivity index (χ0) is 22.4. The summed E-state index contributed by atoms with van der Waals surface area (Å²) in [6.07, 6.45) is 0.796. The van der Waals surface area contributed by atoms with Crippen LogP contribution in [0.1, 0.15) is 11.1 Å². The van der Waals surface area contributed by atoms with Crippen LogP contribution in [-0.4, -0.2) is 28.1 Å². The van der Waals surface area contributed by atoms with Crippen molar-refractivity contribution in [3.8, 4) is 11.8 Å². The molecule has 0 atom stereocenters. The van der Waals surface area contributed by atoms with Gasteiger partial charge in [0.15, 0.2) is 23.2 Å². The number of ether oxygens (including phenoxy) is 2. The summed E-state index contributed by atoms with van der Waals surface area (Å²) in [6.45, 7) is -0.367. The second kappa shape index (κ2) is 9.76. The lowest BCUT2D eigenvalue weighted by molar-refractivity contribution is 0.209. The van der Waals surface area contributed by atoms with Crippen molar-refractivity contribution in [1.29, 1.82) is 0 Å². The molecule has 8 nitrogen and oxygen atoms in total. The number of nitrogens with one attached hydrogen (secondary N) is 1. The predicted molar refractivity (Wildman–Crippen MR) is 104 cm³/mol. The number of aromatic nitrogens is 2. The predicted octanol–water partition coefficient (Wildman–Crippen LogP) is 3.39. The summed E-state index contributed by atoms with van der Waals surface area (Å²) in [6, 6.07) is 8.80. The van der Waals surface area contributed by atoms with Crippen LogP contribution >= 0.6 is 0 Å². The molecule has 1 aromatic heterocycles. The summed E-state index contributed by atoms with van der Waals surface area (Å²) < 4.78 is 51.6. The highest BCUT2D eigenvalue weighted by atomic mass is 19.1. The first-order valence-corrected chi connectivity index (χ1v) is 8.91. The zero-order valence-corrected chi connectivity index (χ0v) is 16.3. The highest BCUT2D eigenvalue weighted by Crippen LogP contribution is 2.19. The van der Waals surface area contributed by atoms with Crippen molar-refractivity contribution in [3.63, 3.8) is 0 Å². The van der Waals surface area contributed by atoms with Crippen LogP contribution in [0.15, 0.2) is 48.7 Å². The Balaban J connectivity index is 1.64. The molecule has 3 rings (SSSR count). The topological polar surface area (TPSA) is 103 Å². The van der Waals surface area contributed by atoms with Crippen LogP contribution in [0, 0.1) is 17.5 Å². The van der Waals surface area contributed by atoms with E-state index >= 15 is 0 Å². The number of anilines is 1. The molecule has 3 N–H and O–H groups in total. The smallest absolute Gasteiger partial charge is 0.337 e. The Morgan fingerprint density at radius 1 is 1.13 bits per heavy atom. The molecule has 11 heteroatoms. The van der Waals surface area contributed by atoms with E-state index in [4.69, 9.17) is 15.3 Å². The summed E-state index contributed by atoms with van der Waals surface area (Å²) in [5.74, 6) is 3.18. The van der Waals surface area contributed by atoms with Gasteiger partial charge in [-0.25, -0.2) is 28.8 Å². The maximum absolute atomic E-state index is 14.0. The number of hydrogen-bond acceptors (Lipinski definition) is 6. The summed E-state index contributed by atoms with van der Waals surface area (Å²) in [5, 5.41) is 2.84. The van der Waals surface area contributed by atoms with Gasteiger partial charge in [-0.3, -0.25) is 10.3 Å². The van der Waals surface area contributed by atoms with E-state index < -0.39 is 29.3 Å². The van der Waals surface area contributed by atoms with Crippen LogP contribution in [0.25, 0.3) is 0 Å². The Labute approximate surface area is 175 Å². The standard InChI is InChI=1S/C20H18F3N5O3/c1-30-17-7-6-12(8-15(17)22)11-31-19-25-9-16(23)18(26-19)27-20(29)28(24)10-13-4-2-3-5-14(13)21/h2-9H,10-11,24H2,1H3,(H,25,26,27,29). The molecule has 0 unspecified atom stereocenters. The van der Waals surface area contributed by atoms with E-state index in [-0.39, 0.29) is 30.5 Å². The molecule has 162 valence electrons. The highest BCUT2D eigenvalue weighted by Gasteiger charge is 2.17. The van der Waals surface area contributed by atoms with Crippen molar-refractivity contribution in [2.24, 2.45) is 5.84 Å². The molecule has 2 amide bonds. The molecule has 0 radical (unpaired) electrons. The number of nitrogens with zero attached hydrogens (tertiary/aromatic N) is 3. The maximum Gasteiger partial charge on any atom is 0.337 e. The van der Waals surface area contributed by atoms with Gasteiger partial charge in [0.1, 0.15) is 12.4 Å². The molecular weight excluding hydrogens is 415 g/mol. The number of carbonyl (C=O) groups excluding carboxylic acids is 1. The number of amides is 2. The average molecular weight is 433 g/mol. The molecule has 0 spiro atoms. The fraction of sp³-hybridized carbons (Fsp3) is 0.150. The third-order valence-corrected chi connectivity index (χ3v) is 4.09. The second-order valence-corrected chi connectivity index (χ2v) is 6.26. The molecule has 0 aliphatic carbocycles. The van der Waals surface area contributed by atoms with Crippen molar-refractivity contribution >= 4 is 11.8 Å². The Kier molecular flexibility index (Phi) is 6.88. The van der Waals surface area contributed by atoms with Crippen molar-refractivity contribution in [3.05, 3.63) is 77.2 Å². The van der Waals surface area contributed by atoms with Gasteiger partial charge in [0.05, 0.1) is 19.9 Å². The second-order valence-electron chi connectivity index (χ2n) is 6.26. The van der Waals surface area contributed by atoms with Crippen molar-refractivity contribution in [1.82, 2.24) is 15.0 Å². The lowest BCUT2D eigenvalue weighted by Crippen LogP contribution is -2.40. The number of urea groups is 1. The number of halogens is 3. The minimum absolute atomic E-state index is 0.0773. The maximum atomic E-state index is 14.0. The fourth-order valence-electron chi connectivity index (χ4n) is 2.51. The fourth-order valence-corrected chi connectivity index (χ4v) is 2.51. The Bertz CT molecular complexity index is 1080. The molecule has 0 saturated carbocycles. The average Bonchev–Trinajstić information content (AvgIpc) is 2.75. The van der Waals surface area contributed by atoms with E-state index in [9.17, 15) is 18.0 Å². The van der Waals surface area contributed by atoms with Gasteiger partial charge in [-0.05, 0) is 23.8 Å². The first kappa shape index (κ1) is 21.8. The van der Waals surface area contributed by atoms with Crippen molar-refractivity contribution < 1.29 is 27.4 Å². The third-order valence-electron chi connectivity index (χ3n) is 4.09. The van der Waals surface area contributed by atoms with Gasteiger partial charge < -0.3 is 9.47 Å². The van der Waals surface area contributed by atoms with Crippen LogP contribution in [0.3, 0.4) is 0 Å². The summed E-state index contributed by atoms with van der Waals surface area (Å²) >= 11 is 0. The Morgan fingerprint density at radius 3 is 2.61 bits per heavy atom.